The first-order valence-corrected chi connectivity index (χ1v) is 8.57. The van der Waals surface area contributed by atoms with E-state index in [0.717, 1.165) is 11.1 Å². The van der Waals surface area contributed by atoms with E-state index in [-0.39, 0.29) is 35.7 Å². The molecule has 2 rings (SSSR count). The van der Waals surface area contributed by atoms with Crippen LogP contribution in [-0.4, -0.2) is 18.0 Å². The second kappa shape index (κ2) is 9.59. The number of carbonyl (C=O) groups excluding carboxylic acids is 1. The molecule has 1 amide bonds. The number of hydrogen-bond donors (Lipinski definition) is 2. The monoisotopic (exact) mass is 360 g/mol. The molecule has 2 aromatic carbocycles. The van der Waals surface area contributed by atoms with Gasteiger partial charge in [0.1, 0.15) is 0 Å². The molecule has 3 nitrogen and oxygen atoms in total. The average Bonchev–Trinajstić information content (AvgIpc) is 2.61. The molecule has 0 aromatic heterocycles. The lowest BCUT2D eigenvalue weighted by Crippen LogP contribution is -2.55. The highest BCUT2D eigenvalue weighted by Crippen LogP contribution is 2.28. The summed E-state index contributed by atoms with van der Waals surface area (Å²) < 4.78 is 0. The second-order valence-corrected chi connectivity index (χ2v) is 6.90. The minimum absolute atomic E-state index is 0. The SMILES string of the molecule is CC(C)C(C)(CN)NC(=O)CC(c1ccccc1)c1ccccc1.Cl. The number of rotatable bonds is 7. The highest BCUT2D eigenvalue weighted by Gasteiger charge is 2.29. The van der Waals surface area contributed by atoms with E-state index in [2.05, 4.69) is 43.4 Å². The number of nitrogens with one attached hydrogen (secondary N) is 1. The van der Waals surface area contributed by atoms with Crippen LogP contribution in [0, 0.1) is 5.92 Å². The van der Waals surface area contributed by atoms with Crippen molar-refractivity contribution < 1.29 is 4.79 Å². The zero-order valence-corrected chi connectivity index (χ0v) is 16.1. The van der Waals surface area contributed by atoms with Crippen LogP contribution in [0.15, 0.2) is 60.7 Å². The van der Waals surface area contributed by atoms with Gasteiger partial charge in [0.25, 0.3) is 0 Å². The van der Waals surface area contributed by atoms with Gasteiger partial charge in [-0.15, -0.1) is 12.4 Å². The lowest BCUT2D eigenvalue weighted by Gasteiger charge is -2.34. The molecule has 0 radical (unpaired) electrons. The molecule has 0 bridgehead atoms. The van der Waals surface area contributed by atoms with Crippen LogP contribution in [0.25, 0.3) is 0 Å². The van der Waals surface area contributed by atoms with E-state index in [9.17, 15) is 4.79 Å². The normalized spacial score (nSPS) is 13.2. The molecule has 0 aliphatic rings. The van der Waals surface area contributed by atoms with Gasteiger partial charge < -0.3 is 11.1 Å². The molecule has 136 valence electrons. The standard InChI is InChI=1S/C21H28N2O.ClH/c1-16(2)21(3,15-22)23-20(24)14-19(17-10-6-4-7-11-17)18-12-8-5-9-13-18;/h4-13,16,19H,14-15,22H2,1-3H3,(H,23,24);1H. The molecule has 25 heavy (non-hydrogen) atoms. The number of amides is 1. The van der Waals surface area contributed by atoms with Gasteiger partial charge in [-0.25, -0.2) is 0 Å². The fourth-order valence-corrected chi connectivity index (χ4v) is 2.78. The van der Waals surface area contributed by atoms with E-state index in [1.165, 1.54) is 0 Å². The van der Waals surface area contributed by atoms with Gasteiger partial charge in [-0.2, -0.15) is 0 Å². The average molecular weight is 361 g/mol. The molecule has 4 heteroatoms. The van der Waals surface area contributed by atoms with E-state index >= 15 is 0 Å². The van der Waals surface area contributed by atoms with Gasteiger partial charge in [-0.05, 0) is 24.0 Å². The lowest BCUT2D eigenvalue weighted by atomic mass is 9.86. The third-order valence-electron chi connectivity index (χ3n) is 4.92. The number of benzene rings is 2. The molecular formula is C21H29ClN2O. The first kappa shape index (κ1) is 21.2. The maximum atomic E-state index is 12.7. The van der Waals surface area contributed by atoms with Crippen LogP contribution in [0.1, 0.15) is 44.2 Å². The Hall–Kier alpha value is -1.84. The summed E-state index contributed by atoms with van der Waals surface area (Å²) in [6.07, 6.45) is 0.413. The van der Waals surface area contributed by atoms with Crippen molar-refractivity contribution in [2.24, 2.45) is 11.7 Å². The molecule has 0 heterocycles. The van der Waals surface area contributed by atoms with Crippen molar-refractivity contribution in [1.82, 2.24) is 5.32 Å². The van der Waals surface area contributed by atoms with Gasteiger partial charge in [0.15, 0.2) is 0 Å². The molecule has 0 spiro atoms. The van der Waals surface area contributed by atoms with Crippen LogP contribution in [-0.2, 0) is 4.79 Å². The molecule has 0 saturated carbocycles. The number of halogens is 1. The fourth-order valence-electron chi connectivity index (χ4n) is 2.78. The van der Waals surface area contributed by atoms with Crippen molar-refractivity contribution in [3.8, 4) is 0 Å². The summed E-state index contributed by atoms with van der Waals surface area (Å²) in [4.78, 5) is 12.7. The zero-order chi connectivity index (χ0) is 17.6. The molecule has 3 N–H and O–H groups in total. The van der Waals surface area contributed by atoms with E-state index in [1.54, 1.807) is 0 Å². The van der Waals surface area contributed by atoms with Crippen LogP contribution < -0.4 is 11.1 Å². The molecule has 0 aliphatic heterocycles. The Balaban J connectivity index is 0.00000312. The Morgan fingerprint density at radius 1 is 1.00 bits per heavy atom. The number of nitrogens with two attached hydrogens (primary N) is 1. The summed E-state index contributed by atoms with van der Waals surface area (Å²) >= 11 is 0. The largest absolute Gasteiger partial charge is 0.349 e. The molecule has 0 aliphatic carbocycles. The van der Waals surface area contributed by atoms with Crippen LogP contribution in [0.3, 0.4) is 0 Å². The van der Waals surface area contributed by atoms with Crippen molar-refractivity contribution in [2.75, 3.05) is 6.54 Å². The Morgan fingerprint density at radius 3 is 1.80 bits per heavy atom. The zero-order valence-electron chi connectivity index (χ0n) is 15.2. The van der Waals surface area contributed by atoms with Gasteiger partial charge in [0.2, 0.25) is 5.91 Å². The van der Waals surface area contributed by atoms with Crippen molar-refractivity contribution >= 4 is 18.3 Å². The quantitative estimate of drug-likeness (QED) is 0.780. The van der Waals surface area contributed by atoms with Gasteiger partial charge in [0, 0.05) is 18.9 Å². The molecule has 1 unspecified atom stereocenters. The Bertz CT molecular complexity index is 606. The molecule has 1 atom stereocenters. The molecular weight excluding hydrogens is 332 g/mol. The minimum Gasteiger partial charge on any atom is -0.349 e. The minimum atomic E-state index is -0.380. The summed E-state index contributed by atoms with van der Waals surface area (Å²) in [6, 6.07) is 20.4. The van der Waals surface area contributed by atoms with Gasteiger partial charge >= 0.3 is 0 Å². The Kier molecular flexibility index (Phi) is 8.14. The summed E-state index contributed by atoms with van der Waals surface area (Å²) in [6.45, 7) is 6.60. The van der Waals surface area contributed by atoms with E-state index in [0.29, 0.717) is 13.0 Å². The topological polar surface area (TPSA) is 55.1 Å². The smallest absolute Gasteiger partial charge is 0.221 e. The van der Waals surface area contributed by atoms with Crippen LogP contribution in [0.5, 0.6) is 0 Å². The summed E-state index contributed by atoms with van der Waals surface area (Å²) in [5.41, 5.74) is 7.82. The highest BCUT2D eigenvalue weighted by molar-refractivity contribution is 5.85. The van der Waals surface area contributed by atoms with Crippen molar-refractivity contribution in [2.45, 2.75) is 38.6 Å². The van der Waals surface area contributed by atoms with E-state index in [4.69, 9.17) is 5.73 Å². The predicted octanol–water partition coefficient (Wildman–Crippen LogP) is 4.12. The molecule has 0 saturated heterocycles. The fraction of sp³-hybridized carbons (Fsp3) is 0.381. The first-order valence-electron chi connectivity index (χ1n) is 8.57. The maximum Gasteiger partial charge on any atom is 0.221 e. The van der Waals surface area contributed by atoms with Gasteiger partial charge in [0.05, 0.1) is 5.54 Å². The second-order valence-electron chi connectivity index (χ2n) is 6.90. The third-order valence-corrected chi connectivity index (χ3v) is 4.92. The van der Waals surface area contributed by atoms with Crippen molar-refractivity contribution in [3.05, 3.63) is 71.8 Å². The van der Waals surface area contributed by atoms with Gasteiger partial charge in [-0.1, -0.05) is 74.5 Å². The number of carbonyl (C=O) groups is 1. The summed E-state index contributed by atoms with van der Waals surface area (Å²) in [7, 11) is 0. The maximum absolute atomic E-state index is 12.7. The number of hydrogen-bond acceptors (Lipinski definition) is 2. The summed E-state index contributed by atoms with van der Waals surface area (Å²) in [5, 5.41) is 3.15. The molecule has 2 aromatic rings. The first-order chi connectivity index (χ1) is 11.5. The van der Waals surface area contributed by atoms with Gasteiger partial charge in [-0.3, -0.25) is 4.79 Å². The third kappa shape index (κ3) is 5.58. The lowest BCUT2D eigenvalue weighted by molar-refractivity contribution is -0.123. The molecule has 0 fully saturated rings. The Labute approximate surface area is 157 Å². The summed E-state index contributed by atoms with van der Waals surface area (Å²) in [5.74, 6) is 0.356. The Morgan fingerprint density at radius 2 is 1.44 bits per heavy atom. The van der Waals surface area contributed by atoms with Crippen molar-refractivity contribution in [3.63, 3.8) is 0 Å². The van der Waals surface area contributed by atoms with Crippen molar-refractivity contribution in [1.29, 1.82) is 0 Å². The highest BCUT2D eigenvalue weighted by atomic mass is 35.5. The van der Waals surface area contributed by atoms with E-state index in [1.807, 2.05) is 43.3 Å². The van der Waals surface area contributed by atoms with Crippen LogP contribution >= 0.6 is 12.4 Å². The predicted molar refractivity (Wildman–Crippen MR) is 107 cm³/mol. The van der Waals surface area contributed by atoms with E-state index < -0.39 is 0 Å². The van der Waals surface area contributed by atoms with Crippen LogP contribution in [0.2, 0.25) is 0 Å². The van der Waals surface area contributed by atoms with Crippen LogP contribution in [0.4, 0.5) is 0 Å².